The highest BCUT2D eigenvalue weighted by molar-refractivity contribution is 5.82. The van der Waals surface area contributed by atoms with Gasteiger partial charge in [-0.05, 0) is 58.2 Å². The molecular formula is C15H27N3O. The van der Waals surface area contributed by atoms with Crippen LogP contribution in [-0.2, 0) is 4.79 Å². The highest BCUT2D eigenvalue weighted by Gasteiger charge is 2.31. The summed E-state index contributed by atoms with van der Waals surface area (Å²) in [6.45, 7) is 5.52. The fourth-order valence-electron chi connectivity index (χ4n) is 3.85. The van der Waals surface area contributed by atoms with Gasteiger partial charge in [0.15, 0.2) is 0 Å². The zero-order chi connectivity index (χ0) is 13.1. The average Bonchev–Trinajstić information content (AvgIpc) is 3.02. The smallest absolute Gasteiger partial charge is 0.239 e. The van der Waals surface area contributed by atoms with Crippen molar-refractivity contribution in [3.05, 3.63) is 0 Å². The van der Waals surface area contributed by atoms with E-state index in [9.17, 15) is 4.79 Å². The van der Waals surface area contributed by atoms with Crippen LogP contribution in [0.2, 0.25) is 0 Å². The van der Waals surface area contributed by atoms with E-state index in [0.717, 1.165) is 38.5 Å². The number of rotatable bonds is 2. The summed E-state index contributed by atoms with van der Waals surface area (Å²) in [5.74, 6) is 0.356. The minimum Gasteiger partial charge on any atom is -0.341 e. The van der Waals surface area contributed by atoms with Crippen molar-refractivity contribution in [3.63, 3.8) is 0 Å². The maximum atomic E-state index is 12.3. The van der Waals surface area contributed by atoms with Gasteiger partial charge in [-0.3, -0.25) is 4.79 Å². The normalized spacial score (nSPS) is 30.7. The highest BCUT2D eigenvalue weighted by Crippen LogP contribution is 2.22. The highest BCUT2D eigenvalue weighted by atomic mass is 16.2. The first kappa shape index (κ1) is 13.4. The van der Waals surface area contributed by atoms with E-state index < -0.39 is 0 Å². The van der Waals surface area contributed by atoms with E-state index in [2.05, 4.69) is 15.1 Å². The van der Waals surface area contributed by atoms with Crippen LogP contribution < -0.4 is 5.32 Å². The number of likely N-dealkylation sites (tertiary alicyclic amines) is 2. The number of carbonyl (C=O) groups excluding carboxylic acids is 1. The van der Waals surface area contributed by atoms with Crippen LogP contribution in [0.25, 0.3) is 0 Å². The van der Waals surface area contributed by atoms with Crippen molar-refractivity contribution in [1.29, 1.82) is 0 Å². The molecule has 0 aromatic carbocycles. The number of hydrogen-bond acceptors (Lipinski definition) is 3. The molecule has 0 saturated carbocycles. The van der Waals surface area contributed by atoms with Crippen molar-refractivity contribution in [3.8, 4) is 0 Å². The van der Waals surface area contributed by atoms with Crippen molar-refractivity contribution in [1.82, 2.24) is 15.1 Å². The summed E-state index contributed by atoms with van der Waals surface area (Å²) in [7, 11) is 0. The van der Waals surface area contributed by atoms with Gasteiger partial charge in [-0.1, -0.05) is 6.42 Å². The maximum absolute atomic E-state index is 12.3. The number of amides is 1. The number of nitrogens with one attached hydrogen (secondary N) is 1. The topological polar surface area (TPSA) is 35.6 Å². The Kier molecular flexibility index (Phi) is 4.38. The van der Waals surface area contributed by atoms with Crippen LogP contribution >= 0.6 is 0 Å². The second kappa shape index (κ2) is 6.23. The Labute approximate surface area is 116 Å². The first-order valence-corrected chi connectivity index (χ1v) is 8.11. The van der Waals surface area contributed by atoms with Crippen LogP contribution in [0, 0.1) is 0 Å². The van der Waals surface area contributed by atoms with Gasteiger partial charge in [-0.15, -0.1) is 0 Å². The van der Waals surface area contributed by atoms with Gasteiger partial charge in [0.2, 0.25) is 5.91 Å². The number of nitrogens with zero attached hydrogens (tertiary/aromatic N) is 2. The minimum absolute atomic E-state index is 0.117. The van der Waals surface area contributed by atoms with E-state index in [0.29, 0.717) is 5.91 Å². The standard InChI is InChI=1S/C15H27N3O/c19-15(14-5-4-8-16-14)18-11-6-13(7-12-18)17-9-2-1-3-10-17/h13-14,16H,1-12H2/t14-/m1/s1. The predicted octanol–water partition coefficient (Wildman–Crippen LogP) is 1.22. The van der Waals surface area contributed by atoms with Crippen molar-refractivity contribution >= 4 is 5.91 Å². The van der Waals surface area contributed by atoms with E-state index in [1.807, 2.05) is 0 Å². The molecule has 0 unspecified atom stereocenters. The van der Waals surface area contributed by atoms with Crippen LogP contribution in [0.15, 0.2) is 0 Å². The van der Waals surface area contributed by atoms with Crippen LogP contribution in [0.5, 0.6) is 0 Å². The van der Waals surface area contributed by atoms with Crippen molar-refractivity contribution in [2.24, 2.45) is 0 Å². The summed E-state index contributed by atoms with van der Waals surface area (Å²) in [5, 5.41) is 3.33. The van der Waals surface area contributed by atoms with Crippen LogP contribution in [0.1, 0.15) is 44.9 Å². The molecule has 3 heterocycles. The molecule has 3 saturated heterocycles. The molecule has 4 heteroatoms. The summed E-state index contributed by atoms with van der Waals surface area (Å²) in [6.07, 6.45) is 8.68. The zero-order valence-electron chi connectivity index (χ0n) is 11.9. The summed E-state index contributed by atoms with van der Waals surface area (Å²) in [5.41, 5.74) is 0. The SMILES string of the molecule is O=C([C@H]1CCCN1)N1CCC(N2CCCCC2)CC1. The van der Waals surface area contributed by atoms with Crippen molar-refractivity contribution < 1.29 is 4.79 Å². The third kappa shape index (κ3) is 3.11. The fraction of sp³-hybridized carbons (Fsp3) is 0.933. The molecule has 3 aliphatic heterocycles. The molecule has 0 aromatic rings. The molecule has 0 aromatic heterocycles. The molecule has 108 valence electrons. The molecule has 3 rings (SSSR count). The third-order valence-corrected chi connectivity index (χ3v) is 5.04. The van der Waals surface area contributed by atoms with Gasteiger partial charge < -0.3 is 15.1 Å². The lowest BCUT2D eigenvalue weighted by Crippen LogP contribution is -2.51. The van der Waals surface area contributed by atoms with E-state index in [1.54, 1.807) is 0 Å². The Morgan fingerprint density at radius 3 is 2.26 bits per heavy atom. The molecule has 0 radical (unpaired) electrons. The number of piperidine rings is 2. The molecular weight excluding hydrogens is 238 g/mol. The van der Waals surface area contributed by atoms with Gasteiger partial charge in [-0.25, -0.2) is 0 Å². The van der Waals surface area contributed by atoms with Gasteiger partial charge in [-0.2, -0.15) is 0 Å². The summed E-state index contributed by atoms with van der Waals surface area (Å²) < 4.78 is 0. The summed E-state index contributed by atoms with van der Waals surface area (Å²) >= 11 is 0. The molecule has 3 aliphatic rings. The Morgan fingerprint density at radius 2 is 1.63 bits per heavy atom. The monoisotopic (exact) mass is 265 g/mol. The molecule has 19 heavy (non-hydrogen) atoms. The Morgan fingerprint density at radius 1 is 0.895 bits per heavy atom. The van der Waals surface area contributed by atoms with Crippen molar-refractivity contribution in [2.45, 2.75) is 57.0 Å². The van der Waals surface area contributed by atoms with Crippen LogP contribution in [0.4, 0.5) is 0 Å². The quantitative estimate of drug-likeness (QED) is 0.815. The summed E-state index contributed by atoms with van der Waals surface area (Å²) in [6, 6.07) is 0.854. The Balaban J connectivity index is 1.47. The lowest BCUT2D eigenvalue weighted by molar-refractivity contribution is -0.134. The molecule has 0 spiro atoms. The molecule has 1 atom stereocenters. The molecule has 4 nitrogen and oxygen atoms in total. The Hall–Kier alpha value is -0.610. The molecule has 3 fully saturated rings. The van der Waals surface area contributed by atoms with E-state index in [-0.39, 0.29) is 6.04 Å². The van der Waals surface area contributed by atoms with E-state index >= 15 is 0 Å². The largest absolute Gasteiger partial charge is 0.341 e. The lowest BCUT2D eigenvalue weighted by atomic mass is 9.99. The van der Waals surface area contributed by atoms with Gasteiger partial charge >= 0.3 is 0 Å². The summed E-state index contributed by atoms with van der Waals surface area (Å²) in [4.78, 5) is 17.1. The molecule has 1 amide bonds. The van der Waals surface area contributed by atoms with Gasteiger partial charge in [0.05, 0.1) is 6.04 Å². The van der Waals surface area contributed by atoms with E-state index in [1.165, 1.54) is 45.2 Å². The van der Waals surface area contributed by atoms with Crippen LogP contribution in [-0.4, -0.2) is 60.5 Å². The van der Waals surface area contributed by atoms with Gasteiger partial charge in [0, 0.05) is 19.1 Å². The molecule has 0 aliphatic carbocycles. The second-order valence-electron chi connectivity index (χ2n) is 6.30. The second-order valence-corrected chi connectivity index (χ2v) is 6.30. The van der Waals surface area contributed by atoms with E-state index in [4.69, 9.17) is 0 Å². The maximum Gasteiger partial charge on any atom is 0.239 e. The zero-order valence-corrected chi connectivity index (χ0v) is 11.9. The first-order valence-electron chi connectivity index (χ1n) is 8.11. The Bertz CT molecular complexity index is 301. The molecule has 1 N–H and O–H groups in total. The van der Waals surface area contributed by atoms with Gasteiger partial charge in [0.25, 0.3) is 0 Å². The first-order chi connectivity index (χ1) is 9.34. The number of carbonyl (C=O) groups is 1. The average molecular weight is 265 g/mol. The predicted molar refractivity (Wildman–Crippen MR) is 76.1 cm³/mol. The fourth-order valence-corrected chi connectivity index (χ4v) is 3.85. The van der Waals surface area contributed by atoms with Gasteiger partial charge in [0.1, 0.15) is 0 Å². The van der Waals surface area contributed by atoms with Crippen LogP contribution in [0.3, 0.4) is 0 Å². The lowest BCUT2D eigenvalue weighted by Gasteiger charge is -2.40. The third-order valence-electron chi connectivity index (χ3n) is 5.04. The number of hydrogen-bond donors (Lipinski definition) is 1. The minimum atomic E-state index is 0.117. The molecule has 0 bridgehead atoms. The van der Waals surface area contributed by atoms with Crippen molar-refractivity contribution in [2.75, 3.05) is 32.7 Å².